The van der Waals surface area contributed by atoms with Gasteiger partial charge in [-0.15, -0.1) is 0 Å². The lowest BCUT2D eigenvalue weighted by molar-refractivity contribution is 0.0758. The zero-order valence-corrected chi connectivity index (χ0v) is 12.9. The van der Waals surface area contributed by atoms with E-state index in [9.17, 15) is 4.79 Å². The summed E-state index contributed by atoms with van der Waals surface area (Å²) in [6, 6.07) is 4.25. The number of amides is 1. The molecule has 2 aromatic heterocycles. The molecule has 0 unspecified atom stereocenters. The van der Waals surface area contributed by atoms with Crippen molar-refractivity contribution in [3.63, 3.8) is 0 Å². The molecule has 0 spiro atoms. The molecule has 1 saturated carbocycles. The van der Waals surface area contributed by atoms with Crippen LogP contribution in [0.15, 0.2) is 22.9 Å². The Labute approximate surface area is 128 Å². The maximum Gasteiger partial charge on any atom is 0.270 e. The van der Waals surface area contributed by atoms with E-state index in [-0.39, 0.29) is 5.91 Å². The van der Waals surface area contributed by atoms with Crippen LogP contribution in [-0.2, 0) is 17.7 Å². The van der Waals surface area contributed by atoms with Crippen LogP contribution in [0, 0.1) is 0 Å². The van der Waals surface area contributed by atoms with Crippen LogP contribution in [0.2, 0.25) is 0 Å². The second-order valence-corrected chi connectivity index (χ2v) is 5.54. The average Bonchev–Trinajstić information content (AvgIpc) is 3.08. The predicted octanol–water partition coefficient (Wildman–Crippen LogP) is 1.67. The molecule has 2 aromatic rings. The monoisotopic (exact) mass is 304 g/mol. The third-order valence-electron chi connectivity index (χ3n) is 3.70. The molecule has 22 heavy (non-hydrogen) atoms. The second kappa shape index (κ2) is 6.31. The lowest BCUT2D eigenvalue weighted by Crippen LogP contribution is -2.28. The Morgan fingerprint density at radius 3 is 3.09 bits per heavy atom. The van der Waals surface area contributed by atoms with Crippen LogP contribution in [0.25, 0.3) is 0 Å². The first-order chi connectivity index (χ1) is 10.7. The van der Waals surface area contributed by atoms with Crippen molar-refractivity contribution in [3.8, 4) is 0 Å². The molecule has 1 fully saturated rings. The smallest absolute Gasteiger partial charge is 0.270 e. The summed E-state index contributed by atoms with van der Waals surface area (Å²) in [5, 5.41) is 3.88. The second-order valence-electron chi connectivity index (χ2n) is 5.54. The molecule has 7 nitrogen and oxygen atoms in total. The molecule has 0 radical (unpaired) electrons. The van der Waals surface area contributed by atoms with Gasteiger partial charge in [-0.1, -0.05) is 5.16 Å². The summed E-state index contributed by atoms with van der Waals surface area (Å²) in [5.41, 5.74) is 0.712. The molecule has 0 aromatic carbocycles. The molecular weight excluding hydrogens is 284 g/mol. The van der Waals surface area contributed by atoms with Crippen molar-refractivity contribution in [2.75, 3.05) is 20.8 Å². The third kappa shape index (κ3) is 3.19. The zero-order chi connectivity index (χ0) is 15.5. The maximum atomic E-state index is 12.5. The zero-order valence-electron chi connectivity index (χ0n) is 12.9. The number of hydrogen-bond acceptors (Lipinski definition) is 5. The highest BCUT2D eigenvalue weighted by molar-refractivity contribution is 5.92. The minimum absolute atomic E-state index is 0.0338. The Morgan fingerprint density at radius 2 is 2.36 bits per heavy atom. The Balaban J connectivity index is 1.63. The molecule has 1 aliphatic rings. The van der Waals surface area contributed by atoms with Gasteiger partial charge in [-0.25, -0.2) is 0 Å². The fourth-order valence-electron chi connectivity index (χ4n) is 2.37. The van der Waals surface area contributed by atoms with Crippen molar-refractivity contribution in [1.29, 1.82) is 0 Å². The molecule has 7 heteroatoms. The fraction of sp³-hybridized carbons (Fsp3) is 0.533. The fourth-order valence-corrected chi connectivity index (χ4v) is 2.37. The minimum Gasteiger partial charge on any atom is -0.384 e. The molecule has 0 atom stereocenters. The Bertz CT molecular complexity index is 645. The van der Waals surface area contributed by atoms with Crippen LogP contribution in [0.3, 0.4) is 0 Å². The topological polar surface area (TPSA) is 73.4 Å². The van der Waals surface area contributed by atoms with Crippen molar-refractivity contribution in [1.82, 2.24) is 19.6 Å². The standard InChI is InChI=1S/C15H20N4O3/c1-18(10-14-16-13(17-22-14)7-9-21-2)15(20)12-4-3-8-19(12)11-5-6-11/h3-4,8,11H,5-7,9-10H2,1-2H3. The van der Waals surface area contributed by atoms with E-state index in [2.05, 4.69) is 14.7 Å². The first kappa shape index (κ1) is 14.8. The molecular formula is C15H20N4O3. The van der Waals surface area contributed by atoms with Crippen molar-refractivity contribution < 1.29 is 14.1 Å². The molecule has 2 heterocycles. The molecule has 3 rings (SSSR count). The summed E-state index contributed by atoms with van der Waals surface area (Å²) in [4.78, 5) is 18.4. The van der Waals surface area contributed by atoms with Gasteiger partial charge >= 0.3 is 0 Å². The molecule has 0 aliphatic heterocycles. The number of rotatable bonds is 7. The van der Waals surface area contributed by atoms with E-state index in [1.807, 2.05) is 18.3 Å². The molecule has 0 bridgehead atoms. The summed E-state index contributed by atoms with van der Waals surface area (Å²) in [6.45, 7) is 0.845. The van der Waals surface area contributed by atoms with Crippen LogP contribution in [0.1, 0.15) is 41.1 Å². The predicted molar refractivity (Wildman–Crippen MR) is 78.4 cm³/mol. The molecule has 118 valence electrons. The largest absolute Gasteiger partial charge is 0.384 e. The van der Waals surface area contributed by atoms with E-state index in [1.54, 1.807) is 19.1 Å². The van der Waals surface area contributed by atoms with Crippen LogP contribution in [-0.4, -0.2) is 46.3 Å². The summed E-state index contributed by atoms with van der Waals surface area (Å²) in [5.74, 6) is 0.999. The Hall–Kier alpha value is -2.15. The van der Waals surface area contributed by atoms with Crippen LogP contribution in [0.4, 0.5) is 0 Å². The van der Waals surface area contributed by atoms with Gasteiger partial charge in [-0.05, 0) is 25.0 Å². The highest BCUT2D eigenvalue weighted by Crippen LogP contribution is 2.36. The molecule has 1 aliphatic carbocycles. The minimum atomic E-state index is -0.0338. The third-order valence-corrected chi connectivity index (χ3v) is 3.70. The first-order valence-corrected chi connectivity index (χ1v) is 7.41. The van der Waals surface area contributed by atoms with Gasteiger partial charge in [-0.3, -0.25) is 4.79 Å². The van der Waals surface area contributed by atoms with Crippen LogP contribution >= 0.6 is 0 Å². The summed E-state index contributed by atoms with van der Waals surface area (Å²) < 4.78 is 12.2. The van der Waals surface area contributed by atoms with E-state index < -0.39 is 0 Å². The van der Waals surface area contributed by atoms with E-state index in [4.69, 9.17) is 9.26 Å². The lowest BCUT2D eigenvalue weighted by Gasteiger charge is -2.16. The highest BCUT2D eigenvalue weighted by Gasteiger charge is 2.28. The quantitative estimate of drug-likeness (QED) is 0.778. The van der Waals surface area contributed by atoms with Gasteiger partial charge in [0.25, 0.3) is 5.91 Å². The SMILES string of the molecule is COCCc1noc(CN(C)C(=O)c2cccn2C2CC2)n1. The number of hydrogen-bond donors (Lipinski definition) is 0. The van der Waals surface area contributed by atoms with E-state index in [0.29, 0.717) is 43.0 Å². The van der Waals surface area contributed by atoms with E-state index in [1.165, 1.54) is 0 Å². The summed E-state index contributed by atoms with van der Waals surface area (Å²) in [7, 11) is 3.37. The van der Waals surface area contributed by atoms with Crippen LogP contribution < -0.4 is 0 Å². The van der Waals surface area contributed by atoms with Gasteiger partial charge in [0.05, 0.1) is 6.61 Å². The van der Waals surface area contributed by atoms with Crippen LogP contribution in [0.5, 0.6) is 0 Å². The normalized spacial score (nSPS) is 14.3. The maximum absolute atomic E-state index is 12.5. The number of ether oxygens (including phenoxy) is 1. The summed E-state index contributed by atoms with van der Waals surface area (Å²) >= 11 is 0. The van der Waals surface area contributed by atoms with Gasteiger partial charge in [0.1, 0.15) is 12.2 Å². The lowest BCUT2D eigenvalue weighted by atomic mass is 10.3. The molecule has 1 amide bonds. The summed E-state index contributed by atoms with van der Waals surface area (Å²) in [6.07, 6.45) is 4.85. The van der Waals surface area contributed by atoms with Gasteiger partial charge in [0, 0.05) is 32.8 Å². The first-order valence-electron chi connectivity index (χ1n) is 7.41. The van der Waals surface area contributed by atoms with Gasteiger partial charge in [-0.2, -0.15) is 4.98 Å². The number of aromatic nitrogens is 3. The molecule has 0 N–H and O–H groups in total. The average molecular weight is 304 g/mol. The van der Waals surface area contributed by atoms with Crippen molar-refractivity contribution in [3.05, 3.63) is 35.7 Å². The van der Waals surface area contributed by atoms with Gasteiger partial charge < -0.3 is 18.7 Å². The van der Waals surface area contributed by atoms with E-state index in [0.717, 1.165) is 12.8 Å². The van der Waals surface area contributed by atoms with Gasteiger partial charge in [0.15, 0.2) is 5.82 Å². The Morgan fingerprint density at radius 1 is 1.55 bits per heavy atom. The number of nitrogens with zero attached hydrogens (tertiary/aromatic N) is 4. The number of methoxy groups -OCH3 is 1. The Kier molecular flexibility index (Phi) is 4.24. The van der Waals surface area contributed by atoms with Crippen molar-refractivity contribution in [2.45, 2.75) is 31.8 Å². The van der Waals surface area contributed by atoms with Gasteiger partial charge in [0.2, 0.25) is 5.89 Å². The van der Waals surface area contributed by atoms with Crippen molar-refractivity contribution >= 4 is 5.91 Å². The number of carbonyl (C=O) groups is 1. The number of carbonyl (C=O) groups excluding carboxylic acids is 1. The van der Waals surface area contributed by atoms with E-state index >= 15 is 0 Å². The molecule has 0 saturated heterocycles. The van der Waals surface area contributed by atoms with Crippen molar-refractivity contribution in [2.24, 2.45) is 0 Å². The highest BCUT2D eigenvalue weighted by atomic mass is 16.5.